The molecule has 1 amide bonds. The van der Waals surface area contributed by atoms with Gasteiger partial charge >= 0.3 is 0 Å². The van der Waals surface area contributed by atoms with Crippen LogP contribution in [0.1, 0.15) is 5.56 Å². The van der Waals surface area contributed by atoms with Crippen molar-refractivity contribution in [1.29, 1.82) is 0 Å². The minimum Gasteiger partial charge on any atom is -0.496 e. The highest BCUT2D eigenvalue weighted by Gasteiger charge is 2.04. The average Bonchev–Trinajstić information content (AvgIpc) is 2.60. The molecule has 2 rings (SSSR count). The van der Waals surface area contributed by atoms with Crippen molar-refractivity contribution < 1.29 is 14.3 Å². The Bertz CT molecular complexity index is 686. The number of anilines is 1. The van der Waals surface area contributed by atoms with Crippen molar-refractivity contribution in [2.45, 2.75) is 0 Å². The predicted molar refractivity (Wildman–Crippen MR) is 90.2 cm³/mol. The highest BCUT2D eigenvalue weighted by molar-refractivity contribution is 5.86. The number of hydrogen-bond acceptors (Lipinski definition) is 5. The quantitative estimate of drug-likeness (QED) is 0.607. The molecule has 0 bridgehead atoms. The third-order valence-electron chi connectivity index (χ3n) is 3.08. The van der Waals surface area contributed by atoms with Crippen LogP contribution in [0.15, 0.2) is 53.6 Å². The highest BCUT2D eigenvalue weighted by atomic mass is 16.5. The van der Waals surface area contributed by atoms with Crippen LogP contribution in [0, 0.1) is 0 Å². The van der Waals surface area contributed by atoms with Gasteiger partial charge in [0.2, 0.25) is 0 Å². The number of rotatable bonds is 7. The van der Waals surface area contributed by atoms with E-state index in [9.17, 15) is 4.79 Å². The Morgan fingerprint density at radius 3 is 2.43 bits per heavy atom. The van der Waals surface area contributed by atoms with Gasteiger partial charge in [-0.25, -0.2) is 5.43 Å². The molecule has 23 heavy (non-hydrogen) atoms. The van der Waals surface area contributed by atoms with Gasteiger partial charge in [-0.15, -0.1) is 0 Å². The minimum atomic E-state index is -0.262. The molecule has 2 aromatic carbocycles. The third kappa shape index (κ3) is 4.74. The first kappa shape index (κ1) is 16.4. The number of para-hydroxylation sites is 3. The van der Waals surface area contributed by atoms with E-state index in [1.165, 1.54) is 0 Å². The molecule has 120 valence electrons. The first-order valence-corrected chi connectivity index (χ1v) is 7.06. The molecule has 0 unspecified atom stereocenters. The first-order valence-electron chi connectivity index (χ1n) is 7.06. The molecule has 0 heterocycles. The molecule has 0 aromatic heterocycles. The summed E-state index contributed by atoms with van der Waals surface area (Å²) < 4.78 is 10.4. The summed E-state index contributed by atoms with van der Waals surface area (Å²) in [5.41, 5.74) is 4.00. The van der Waals surface area contributed by atoms with Gasteiger partial charge < -0.3 is 14.8 Å². The van der Waals surface area contributed by atoms with Gasteiger partial charge in [-0.2, -0.15) is 5.10 Å². The summed E-state index contributed by atoms with van der Waals surface area (Å²) in [6.07, 6.45) is 1.54. The van der Waals surface area contributed by atoms with E-state index >= 15 is 0 Å². The molecule has 0 spiro atoms. The summed E-state index contributed by atoms with van der Waals surface area (Å²) in [7, 11) is 3.17. The van der Waals surface area contributed by atoms with Crippen LogP contribution in [-0.4, -0.2) is 32.9 Å². The molecular weight excluding hydrogens is 294 g/mol. The molecule has 6 heteroatoms. The summed E-state index contributed by atoms with van der Waals surface area (Å²) in [5.74, 6) is 1.11. The van der Waals surface area contributed by atoms with Crippen molar-refractivity contribution >= 4 is 17.8 Å². The largest absolute Gasteiger partial charge is 0.496 e. The summed E-state index contributed by atoms with van der Waals surface area (Å²) >= 11 is 0. The van der Waals surface area contributed by atoms with E-state index in [1.807, 2.05) is 48.5 Å². The van der Waals surface area contributed by atoms with Gasteiger partial charge in [0.25, 0.3) is 5.91 Å². The molecule has 0 atom stereocenters. The number of nitrogens with zero attached hydrogens (tertiary/aromatic N) is 1. The summed E-state index contributed by atoms with van der Waals surface area (Å²) in [5, 5.41) is 6.93. The fraction of sp³-hybridized carbons (Fsp3) is 0.176. The van der Waals surface area contributed by atoms with Crippen LogP contribution >= 0.6 is 0 Å². The highest BCUT2D eigenvalue weighted by Crippen LogP contribution is 2.22. The summed E-state index contributed by atoms with van der Waals surface area (Å²) in [6, 6.07) is 14.8. The molecule has 0 saturated heterocycles. The maximum Gasteiger partial charge on any atom is 0.259 e. The monoisotopic (exact) mass is 313 g/mol. The fourth-order valence-electron chi connectivity index (χ4n) is 1.95. The van der Waals surface area contributed by atoms with Crippen LogP contribution < -0.4 is 20.2 Å². The molecule has 0 saturated carbocycles. The zero-order valence-corrected chi connectivity index (χ0v) is 13.1. The number of hydrazone groups is 1. The lowest BCUT2D eigenvalue weighted by molar-refractivity contribution is -0.119. The van der Waals surface area contributed by atoms with E-state index < -0.39 is 0 Å². The van der Waals surface area contributed by atoms with Crippen molar-refractivity contribution in [3.05, 3.63) is 54.1 Å². The minimum absolute atomic E-state index is 0.0869. The number of methoxy groups -OCH3 is 2. The lowest BCUT2D eigenvalue weighted by Crippen LogP contribution is -2.26. The maximum atomic E-state index is 11.8. The van der Waals surface area contributed by atoms with Crippen molar-refractivity contribution in [3.63, 3.8) is 0 Å². The lowest BCUT2D eigenvalue weighted by atomic mass is 10.2. The third-order valence-corrected chi connectivity index (χ3v) is 3.08. The van der Waals surface area contributed by atoms with Crippen molar-refractivity contribution in [2.75, 3.05) is 26.1 Å². The van der Waals surface area contributed by atoms with Crippen LogP contribution in [0.5, 0.6) is 11.5 Å². The lowest BCUT2D eigenvalue weighted by Gasteiger charge is -2.09. The number of carbonyl (C=O) groups excluding carboxylic acids is 1. The molecule has 0 aliphatic carbocycles. The number of carbonyl (C=O) groups is 1. The Morgan fingerprint density at radius 2 is 1.70 bits per heavy atom. The summed E-state index contributed by atoms with van der Waals surface area (Å²) in [6.45, 7) is 0.0869. The van der Waals surface area contributed by atoms with Gasteiger partial charge in [0.1, 0.15) is 11.5 Å². The summed E-state index contributed by atoms with van der Waals surface area (Å²) in [4.78, 5) is 11.8. The number of nitrogens with one attached hydrogen (secondary N) is 2. The average molecular weight is 313 g/mol. The van der Waals surface area contributed by atoms with Gasteiger partial charge in [-0.1, -0.05) is 24.3 Å². The van der Waals surface area contributed by atoms with Crippen LogP contribution in [0.4, 0.5) is 5.69 Å². The second-order valence-electron chi connectivity index (χ2n) is 4.59. The van der Waals surface area contributed by atoms with Crippen molar-refractivity contribution in [1.82, 2.24) is 5.43 Å². The predicted octanol–water partition coefficient (Wildman–Crippen LogP) is 2.27. The second kappa shape index (κ2) is 8.43. The Kier molecular flexibility index (Phi) is 5.99. The Morgan fingerprint density at radius 1 is 1.04 bits per heavy atom. The van der Waals surface area contributed by atoms with Gasteiger partial charge in [0.05, 0.1) is 32.7 Å². The van der Waals surface area contributed by atoms with Crippen LogP contribution in [-0.2, 0) is 4.79 Å². The normalized spacial score (nSPS) is 10.3. The maximum absolute atomic E-state index is 11.8. The number of amides is 1. The van der Waals surface area contributed by atoms with E-state index in [0.29, 0.717) is 11.5 Å². The molecule has 0 aliphatic rings. The SMILES string of the molecule is COc1ccccc1/C=N/NC(=O)CNc1ccccc1OC. The molecule has 0 radical (unpaired) electrons. The number of ether oxygens (including phenoxy) is 2. The molecule has 0 aliphatic heterocycles. The zero-order valence-electron chi connectivity index (χ0n) is 13.1. The topological polar surface area (TPSA) is 72.0 Å². The molecule has 0 fully saturated rings. The molecule has 2 aromatic rings. The van der Waals surface area contributed by atoms with Gasteiger partial charge in [0, 0.05) is 5.56 Å². The molecule has 6 nitrogen and oxygen atoms in total. The fourth-order valence-corrected chi connectivity index (χ4v) is 1.95. The van der Waals surface area contributed by atoms with E-state index in [-0.39, 0.29) is 12.5 Å². The Balaban J connectivity index is 1.87. The van der Waals surface area contributed by atoms with Crippen LogP contribution in [0.25, 0.3) is 0 Å². The standard InChI is InChI=1S/C17H19N3O3/c1-22-15-9-5-3-7-13(15)11-19-20-17(21)12-18-14-8-4-6-10-16(14)23-2/h3-11,18H,12H2,1-2H3,(H,20,21)/b19-11+. The zero-order chi connectivity index (χ0) is 16.5. The van der Waals surface area contributed by atoms with Crippen molar-refractivity contribution in [2.24, 2.45) is 5.10 Å². The second-order valence-corrected chi connectivity index (χ2v) is 4.59. The van der Waals surface area contributed by atoms with Crippen molar-refractivity contribution in [3.8, 4) is 11.5 Å². The van der Waals surface area contributed by atoms with E-state index in [1.54, 1.807) is 20.4 Å². The van der Waals surface area contributed by atoms with Crippen LogP contribution in [0.2, 0.25) is 0 Å². The molecular formula is C17H19N3O3. The first-order chi connectivity index (χ1) is 11.2. The molecule has 2 N–H and O–H groups in total. The van der Waals surface area contributed by atoms with E-state index in [2.05, 4.69) is 15.8 Å². The van der Waals surface area contributed by atoms with E-state index in [0.717, 1.165) is 11.3 Å². The smallest absolute Gasteiger partial charge is 0.259 e. The van der Waals surface area contributed by atoms with Gasteiger partial charge in [-0.05, 0) is 24.3 Å². The Labute approximate surface area is 135 Å². The van der Waals surface area contributed by atoms with E-state index in [4.69, 9.17) is 9.47 Å². The van der Waals surface area contributed by atoms with Crippen LogP contribution in [0.3, 0.4) is 0 Å². The number of benzene rings is 2. The van der Waals surface area contributed by atoms with Gasteiger partial charge in [-0.3, -0.25) is 4.79 Å². The number of hydrogen-bond donors (Lipinski definition) is 2. The van der Waals surface area contributed by atoms with Gasteiger partial charge in [0.15, 0.2) is 0 Å². The Hall–Kier alpha value is -3.02.